The molecule has 0 aliphatic carbocycles. The van der Waals surface area contributed by atoms with Crippen LogP contribution in [0.5, 0.6) is 5.75 Å². The van der Waals surface area contributed by atoms with Gasteiger partial charge < -0.3 is 19.5 Å². The first-order valence-electron chi connectivity index (χ1n) is 11.2. The molecule has 2 unspecified atom stereocenters. The minimum absolute atomic E-state index is 0.0787. The van der Waals surface area contributed by atoms with E-state index < -0.39 is 22.8 Å². The lowest BCUT2D eigenvalue weighted by atomic mass is 9.81. The van der Waals surface area contributed by atoms with E-state index in [4.69, 9.17) is 9.47 Å². The number of nitro groups is 1. The Balaban J connectivity index is 2.14. The van der Waals surface area contributed by atoms with Crippen LogP contribution in [0.3, 0.4) is 0 Å². The van der Waals surface area contributed by atoms with Gasteiger partial charge in [-0.05, 0) is 43.0 Å². The van der Waals surface area contributed by atoms with E-state index in [2.05, 4.69) is 0 Å². The van der Waals surface area contributed by atoms with Crippen molar-refractivity contribution in [2.24, 2.45) is 0 Å². The van der Waals surface area contributed by atoms with Crippen LogP contribution in [0.2, 0.25) is 0 Å². The summed E-state index contributed by atoms with van der Waals surface area (Å²) in [6.45, 7) is 5.89. The Labute approximate surface area is 203 Å². The average molecular weight is 481 g/mol. The Morgan fingerprint density at radius 3 is 2.51 bits per heavy atom. The molecular formula is C26H28N2O7. The summed E-state index contributed by atoms with van der Waals surface area (Å²) in [4.78, 5) is 38.7. The Bertz CT molecular complexity index is 1200. The summed E-state index contributed by atoms with van der Waals surface area (Å²) in [5.74, 6) is -2.13. The molecule has 3 rings (SSSR count). The van der Waals surface area contributed by atoms with Crippen LogP contribution < -0.4 is 0 Å². The lowest BCUT2D eigenvalue weighted by Gasteiger charge is -2.35. The third kappa shape index (κ3) is 5.51. The molecule has 0 radical (unpaired) electrons. The molecule has 9 heteroatoms. The van der Waals surface area contributed by atoms with E-state index in [0.717, 1.165) is 5.56 Å². The number of phenols is 1. The molecule has 0 spiro atoms. The molecule has 35 heavy (non-hydrogen) atoms. The number of ether oxygens (including phenoxy) is 2. The number of methoxy groups -OCH3 is 1. The SMILES string of the molecule is CCOC(=O)C1=CN(CC(C)c2cccc(O)c2)C(C)=C(C(=O)OC)C1c1cccc([N+](=O)[O-])c1. The van der Waals surface area contributed by atoms with Crippen molar-refractivity contribution >= 4 is 17.6 Å². The number of nitro benzene ring substituents is 1. The normalized spacial score (nSPS) is 16.4. The number of hydrogen-bond acceptors (Lipinski definition) is 8. The van der Waals surface area contributed by atoms with Crippen LogP contribution in [0.15, 0.2) is 71.6 Å². The fourth-order valence-electron chi connectivity index (χ4n) is 4.20. The van der Waals surface area contributed by atoms with Gasteiger partial charge in [0.25, 0.3) is 5.69 Å². The van der Waals surface area contributed by atoms with Gasteiger partial charge in [-0.25, -0.2) is 9.59 Å². The molecule has 1 aliphatic rings. The number of nitrogens with zero attached hydrogens (tertiary/aromatic N) is 2. The smallest absolute Gasteiger partial charge is 0.336 e. The zero-order valence-corrected chi connectivity index (χ0v) is 20.1. The van der Waals surface area contributed by atoms with E-state index in [1.807, 2.05) is 13.0 Å². The van der Waals surface area contributed by atoms with Crippen molar-refractivity contribution in [3.8, 4) is 5.75 Å². The number of carbonyl (C=O) groups excluding carboxylic acids is 2. The van der Waals surface area contributed by atoms with Gasteiger partial charge >= 0.3 is 11.9 Å². The Morgan fingerprint density at radius 1 is 1.17 bits per heavy atom. The summed E-state index contributed by atoms with van der Waals surface area (Å²) in [7, 11) is 1.25. The van der Waals surface area contributed by atoms with Crippen molar-refractivity contribution in [3.05, 3.63) is 92.8 Å². The van der Waals surface area contributed by atoms with Gasteiger partial charge in [0.1, 0.15) is 5.75 Å². The van der Waals surface area contributed by atoms with E-state index in [-0.39, 0.29) is 35.1 Å². The summed E-state index contributed by atoms with van der Waals surface area (Å²) in [5.41, 5.74) is 2.03. The number of benzene rings is 2. The van der Waals surface area contributed by atoms with Gasteiger partial charge in [0.15, 0.2) is 0 Å². The van der Waals surface area contributed by atoms with E-state index in [1.165, 1.54) is 25.3 Å². The molecule has 0 saturated heterocycles. The average Bonchev–Trinajstić information content (AvgIpc) is 2.84. The van der Waals surface area contributed by atoms with Crippen molar-refractivity contribution in [2.45, 2.75) is 32.6 Å². The topological polar surface area (TPSA) is 119 Å². The van der Waals surface area contributed by atoms with Gasteiger partial charge in [0.05, 0.1) is 35.7 Å². The number of aromatic hydroxyl groups is 1. The number of allylic oxidation sites excluding steroid dienone is 1. The predicted molar refractivity (Wildman–Crippen MR) is 128 cm³/mol. The summed E-state index contributed by atoms with van der Waals surface area (Å²) >= 11 is 0. The summed E-state index contributed by atoms with van der Waals surface area (Å²) < 4.78 is 10.3. The highest BCUT2D eigenvalue weighted by atomic mass is 16.6. The molecule has 0 bridgehead atoms. The van der Waals surface area contributed by atoms with E-state index in [9.17, 15) is 24.8 Å². The van der Waals surface area contributed by atoms with Crippen LogP contribution in [0.25, 0.3) is 0 Å². The van der Waals surface area contributed by atoms with Crippen LogP contribution in [0, 0.1) is 10.1 Å². The number of non-ortho nitro benzene ring substituents is 1. The molecule has 2 atom stereocenters. The second-order valence-electron chi connectivity index (χ2n) is 8.23. The van der Waals surface area contributed by atoms with Gasteiger partial charge in [0, 0.05) is 30.6 Å². The van der Waals surface area contributed by atoms with Crippen LogP contribution >= 0.6 is 0 Å². The van der Waals surface area contributed by atoms with Crippen molar-refractivity contribution in [1.29, 1.82) is 0 Å². The quantitative estimate of drug-likeness (QED) is 0.335. The highest BCUT2D eigenvalue weighted by Gasteiger charge is 2.38. The third-order valence-corrected chi connectivity index (χ3v) is 5.96. The maximum absolute atomic E-state index is 13.1. The van der Waals surface area contributed by atoms with Gasteiger partial charge in [-0.15, -0.1) is 0 Å². The summed E-state index contributed by atoms with van der Waals surface area (Å²) in [6, 6.07) is 12.7. The molecule has 1 heterocycles. The molecule has 2 aromatic carbocycles. The second-order valence-corrected chi connectivity index (χ2v) is 8.23. The predicted octanol–water partition coefficient (Wildman–Crippen LogP) is 4.40. The first-order chi connectivity index (χ1) is 16.7. The second kappa shape index (κ2) is 10.9. The first-order valence-corrected chi connectivity index (χ1v) is 11.2. The maximum atomic E-state index is 13.1. The maximum Gasteiger partial charge on any atom is 0.336 e. The van der Waals surface area contributed by atoms with Gasteiger partial charge in [-0.1, -0.05) is 31.2 Å². The van der Waals surface area contributed by atoms with E-state index in [1.54, 1.807) is 49.2 Å². The Kier molecular flexibility index (Phi) is 7.91. The van der Waals surface area contributed by atoms with E-state index >= 15 is 0 Å². The third-order valence-electron chi connectivity index (χ3n) is 5.96. The molecule has 9 nitrogen and oxygen atoms in total. The Hall–Kier alpha value is -4.14. The van der Waals surface area contributed by atoms with Crippen molar-refractivity contribution < 1.29 is 29.1 Å². The van der Waals surface area contributed by atoms with E-state index in [0.29, 0.717) is 17.8 Å². The monoisotopic (exact) mass is 480 g/mol. The molecule has 2 aromatic rings. The number of rotatable bonds is 8. The highest BCUT2D eigenvalue weighted by molar-refractivity contribution is 5.99. The fourth-order valence-corrected chi connectivity index (χ4v) is 4.20. The van der Waals surface area contributed by atoms with Crippen molar-refractivity contribution in [1.82, 2.24) is 4.90 Å². The Morgan fingerprint density at radius 2 is 1.89 bits per heavy atom. The van der Waals surface area contributed by atoms with Crippen molar-refractivity contribution in [2.75, 3.05) is 20.3 Å². The molecule has 0 fully saturated rings. The van der Waals surface area contributed by atoms with Crippen molar-refractivity contribution in [3.63, 3.8) is 0 Å². The lowest BCUT2D eigenvalue weighted by Crippen LogP contribution is -2.33. The molecule has 0 saturated carbocycles. The number of esters is 2. The molecule has 1 N–H and O–H groups in total. The molecule has 0 aromatic heterocycles. The van der Waals surface area contributed by atoms with Crippen LogP contribution in [-0.4, -0.2) is 47.1 Å². The van der Waals surface area contributed by atoms with Gasteiger partial charge in [-0.3, -0.25) is 10.1 Å². The van der Waals surface area contributed by atoms with Crippen LogP contribution in [0.1, 0.15) is 43.7 Å². The lowest BCUT2D eigenvalue weighted by molar-refractivity contribution is -0.384. The summed E-state index contributed by atoms with van der Waals surface area (Å²) in [6.07, 6.45) is 1.63. The minimum Gasteiger partial charge on any atom is -0.508 e. The standard InChI is InChI=1S/C26H28N2O7/c1-5-35-25(30)22-15-27(14-16(2)18-8-7-11-21(29)13-18)17(3)23(26(31)34-4)24(22)19-9-6-10-20(12-19)28(32)33/h6-13,15-16,24,29H,5,14H2,1-4H3. The largest absolute Gasteiger partial charge is 0.508 e. The molecule has 0 amide bonds. The summed E-state index contributed by atoms with van der Waals surface area (Å²) in [5, 5.41) is 21.2. The first kappa shape index (κ1) is 25.5. The minimum atomic E-state index is -0.909. The molecule has 184 valence electrons. The zero-order valence-electron chi connectivity index (χ0n) is 20.1. The molecular weight excluding hydrogens is 452 g/mol. The number of carbonyl (C=O) groups is 2. The van der Waals surface area contributed by atoms with Crippen LogP contribution in [0.4, 0.5) is 5.69 Å². The fraction of sp³-hybridized carbons (Fsp3) is 0.308. The van der Waals surface area contributed by atoms with Gasteiger partial charge in [-0.2, -0.15) is 0 Å². The zero-order chi connectivity index (χ0) is 25.7. The number of phenolic OH excluding ortho intramolecular Hbond substituents is 1. The van der Waals surface area contributed by atoms with Crippen LogP contribution in [-0.2, 0) is 19.1 Å². The highest BCUT2D eigenvalue weighted by Crippen LogP contribution is 2.41. The van der Waals surface area contributed by atoms with Gasteiger partial charge in [0.2, 0.25) is 0 Å². The molecule has 1 aliphatic heterocycles. The number of hydrogen-bond donors (Lipinski definition) is 1.